The molecule has 0 N–H and O–H groups in total. The molecule has 2 heterocycles. The van der Waals surface area contributed by atoms with Crippen LogP contribution in [-0.4, -0.2) is 9.97 Å². The number of rotatable bonds is 7. The molecule has 0 aliphatic heterocycles. The van der Waals surface area contributed by atoms with E-state index in [0.717, 1.165) is 44.4 Å². The third-order valence-electron chi connectivity index (χ3n) is 10.3. The minimum atomic E-state index is 0.670. The number of para-hydroxylation sites is 1. The summed E-state index contributed by atoms with van der Waals surface area (Å²) in [6.07, 6.45) is 0. The largest absolute Gasteiger partial charge is 0.452 e. The molecule has 0 saturated carbocycles. The summed E-state index contributed by atoms with van der Waals surface area (Å²) in [6, 6.07) is 72.5. The highest BCUT2D eigenvalue weighted by molar-refractivity contribution is 6.07. The van der Waals surface area contributed by atoms with Crippen LogP contribution >= 0.6 is 0 Å². The van der Waals surface area contributed by atoms with Crippen LogP contribution in [-0.2, 0) is 0 Å². The van der Waals surface area contributed by atoms with E-state index in [1.807, 2.05) is 36.4 Å². The van der Waals surface area contributed by atoms with E-state index in [9.17, 15) is 0 Å². The van der Waals surface area contributed by atoms with E-state index >= 15 is 0 Å². The Morgan fingerprint density at radius 3 is 1.24 bits per heavy atom. The zero-order valence-electron chi connectivity index (χ0n) is 29.9. The number of hydrogen-bond acceptors (Lipinski definition) is 3. The Morgan fingerprint density at radius 1 is 0.291 bits per heavy atom. The van der Waals surface area contributed by atoms with Crippen LogP contribution in [0, 0.1) is 0 Å². The van der Waals surface area contributed by atoms with Gasteiger partial charge in [-0.05, 0) is 92.0 Å². The summed E-state index contributed by atoms with van der Waals surface area (Å²) in [4.78, 5) is 10.1. The van der Waals surface area contributed by atoms with Gasteiger partial charge in [0.05, 0.1) is 0 Å². The predicted octanol–water partition coefficient (Wildman–Crippen LogP) is 14.0. The minimum absolute atomic E-state index is 0.670. The molecular formula is C52H34N2O. The van der Waals surface area contributed by atoms with E-state index in [1.165, 1.54) is 44.5 Å². The van der Waals surface area contributed by atoms with Crippen molar-refractivity contribution in [1.82, 2.24) is 9.97 Å². The first kappa shape index (κ1) is 32.3. The standard InChI is InChI=1S/C52H34N2O/c1-4-13-35(14-5-1)44-32-45(36-15-6-2-7-16-36)34-46(33-44)39-25-23-37(24-26-39)42-19-12-20-43(31-42)38-27-29-41(30-28-38)52-53-49(40-17-8-3-9-18-40)51-50(54-52)47-21-10-11-22-48(47)55-51/h1-34H. The second-order valence-electron chi connectivity index (χ2n) is 13.8. The van der Waals surface area contributed by atoms with Crippen molar-refractivity contribution >= 4 is 22.1 Å². The number of benzene rings is 8. The molecule has 0 atom stereocenters. The maximum atomic E-state index is 6.30. The molecule has 10 aromatic rings. The van der Waals surface area contributed by atoms with Gasteiger partial charge in [-0.25, -0.2) is 9.97 Å². The quantitative estimate of drug-likeness (QED) is 0.166. The SMILES string of the molecule is c1ccc(-c2cc(-c3ccccc3)cc(-c3ccc(-c4cccc(-c5ccc(-c6nc(-c7ccccc7)c7oc8ccccc8c7n6)cc5)c4)cc3)c2)cc1. The Bertz CT molecular complexity index is 2880. The molecule has 8 aromatic carbocycles. The van der Waals surface area contributed by atoms with E-state index in [0.29, 0.717) is 11.4 Å². The molecular weight excluding hydrogens is 669 g/mol. The maximum absolute atomic E-state index is 6.30. The average Bonchev–Trinajstić information content (AvgIpc) is 3.66. The summed E-state index contributed by atoms with van der Waals surface area (Å²) in [5.41, 5.74) is 16.9. The second kappa shape index (κ2) is 13.9. The van der Waals surface area contributed by atoms with E-state index in [1.54, 1.807) is 0 Å². The highest BCUT2D eigenvalue weighted by atomic mass is 16.3. The molecule has 0 bridgehead atoms. The van der Waals surface area contributed by atoms with Gasteiger partial charge in [-0.1, -0.05) is 170 Å². The van der Waals surface area contributed by atoms with Crippen molar-refractivity contribution in [2.45, 2.75) is 0 Å². The van der Waals surface area contributed by atoms with Crippen LogP contribution in [0.4, 0.5) is 0 Å². The molecule has 0 fully saturated rings. The molecule has 55 heavy (non-hydrogen) atoms. The Kier molecular flexibility index (Phi) is 8.16. The number of hydrogen-bond donors (Lipinski definition) is 0. The smallest absolute Gasteiger partial charge is 0.180 e. The fourth-order valence-electron chi connectivity index (χ4n) is 7.45. The monoisotopic (exact) mass is 702 g/mol. The summed E-state index contributed by atoms with van der Waals surface area (Å²) >= 11 is 0. The van der Waals surface area contributed by atoms with E-state index in [2.05, 4.69) is 170 Å². The van der Waals surface area contributed by atoms with Gasteiger partial charge >= 0.3 is 0 Å². The van der Waals surface area contributed by atoms with Crippen LogP contribution in [0.3, 0.4) is 0 Å². The Labute approximate surface area is 319 Å². The summed E-state index contributed by atoms with van der Waals surface area (Å²) in [7, 11) is 0. The van der Waals surface area contributed by atoms with Crippen molar-refractivity contribution in [2.24, 2.45) is 0 Å². The van der Waals surface area contributed by atoms with Gasteiger partial charge < -0.3 is 4.42 Å². The van der Waals surface area contributed by atoms with Crippen LogP contribution in [0.1, 0.15) is 0 Å². The van der Waals surface area contributed by atoms with Gasteiger partial charge in [0.25, 0.3) is 0 Å². The van der Waals surface area contributed by atoms with Crippen LogP contribution in [0.5, 0.6) is 0 Å². The van der Waals surface area contributed by atoms with Crippen molar-refractivity contribution in [3.63, 3.8) is 0 Å². The molecule has 3 heteroatoms. The van der Waals surface area contributed by atoms with Crippen LogP contribution in [0.15, 0.2) is 211 Å². The Hall–Kier alpha value is -7.36. The molecule has 0 amide bonds. The van der Waals surface area contributed by atoms with Gasteiger partial charge in [0.1, 0.15) is 16.8 Å². The topological polar surface area (TPSA) is 38.9 Å². The Morgan fingerprint density at radius 2 is 0.691 bits per heavy atom. The minimum Gasteiger partial charge on any atom is -0.452 e. The molecule has 258 valence electrons. The molecule has 0 aliphatic carbocycles. The summed E-state index contributed by atoms with van der Waals surface area (Å²) in [5, 5.41) is 0.984. The number of aromatic nitrogens is 2. The molecule has 0 radical (unpaired) electrons. The molecule has 0 aliphatic rings. The molecule has 2 aromatic heterocycles. The third kappa shape index (κ3) is 6.28. The fraction of sp³-hybridized carbons (Fsp3) is 0. The lowest BCUT2D eigenvalue weighted by atomic mass is 9.92. The first-order chi connectivity index (χ1) is 27.2. The van der Waals surface area contributed by atoms with Crippen molar-refractivity contribution in [2.75, 3.05) is 0 Å². The highest BCUT2D eigenvalue weighted by Crippen LogP contribution is 2.37. The lowest BCUT2D eigenvalue weighted by Gasteiger charge is -2.12. The van der Waals surface area contributed by atoms with Crippen molar-refractivity contribution in [3.05, 3.63) is 206 Å². The number of nitrogens with zero attached hydrogens (tertiary/aromatic N) is 2. The van der Waals surface area contributed by atoms with Crippen LogP contribution < -0.4 is 0 Å². The number of fused-ring (bicyclic) bond motifs is 3. The summed E-state index contributed by atoms with van der Waals surface area (Å²) < 4.78 is 6.30. The summed E-state index contributed by atoms with van der Waals surface area (Å²) in [6.45, 7) is 0. The average molecular weight is 703 g/mol. The van der Waals surface area contributed by atoms with E-state index in [4.69, 9.17) is 14.4 Å². The lowest BCUT2D eigenvalue weighted by molar-refractivity contribution is 0.667. The first-order valence-corrected chi connectivity index (χ1v) is 18.6. The molecule has 10 rings (SSSR count). The van der Waals surface area contributed by atoms with E-state index < -0.39 is 0 Å². The zero-order valence-corrected chi connectivity index (χ0v) is 29.9. The van der Waals surface area contributed by atoms with Crippen LogP contribution in [0.25, 0.3) is 100 Å². The van der Waals surface area contributed by atoms with Gasteiger partial charge in [-0.15, -0.1) is 0 Å². The third-order valence-corrected chi connectivity index (χ3v) is 10.3. The molecule has 0 unspecified atom stereocenters. The van der Waals surface area contributed by atoms with Crippen molar-refractivity contribution < 1.29 is 4.42 Å². The van der Waals surface area contributed by atoms with Gasteiger partial charge in [-0.2, -0.15) is 0 Å². The molecule has 0 spiro atoms. The normalized spacial score (nSPS) is 11.3. The van der Waals surface area contributed by atoms with Gasteiger partial charge in [0, 0.05) is 16.5 Å². The fourth-order valence-corrected chi connectivity index (χ4v) is 7.45. The van der Waals surface area contributed by atoms with Crippen molar-refractivity contribution in [3.8, 4) is 78.3 Å². The van der Waals surface area contributed by atoms with Crippen LogP contribution in [0.2, 0.25) is 0 Å². The second-order valence-corrected chi connectivity index (χ2v) is 13.8. The highest BCUT2D eigenvalue weighted by Gasteiger charge is 2.18. The van der Waals surface area contributed by atoms with Gasteiger partial charge in [0.15, 0.2) is 11.4 Å². The maximum Gasteiger partial charge on any atom is 0.180 e. The summed E-state index contributed by atoms with van der Waals surface area (Å²) in [5.74, 6) is 0.670. The van der Waals surface area contributed by atoms with Crippen molar-refractivity contribution in [1.29, 1.82) is 0 Å². The molecule has 0 saturated heterocycles. The zero-order chi connectivity index (χ0) is 36.6. The van der Waals surface area contributed by atoms with Gasteiger partial charge in [-0.3, -0.25) is 0 Å². The Balaban J connectivity index is 0.959. The molecule has 3 nitrogen and oxygen atoms in total. The van der Waals surface area contributed by atoms with Gasteiger partial charge in [0.2, 0.25) is 0 Å². The lowest BCUT2D eigenvalue weighted by Crippen LogP contribution is -1.94. The first-order valence-electron chi connectivity index (χ1n) is 18.6. The predicted molar refractivity (Wildman–Crippen MR) is 227 cm³/mol. The number of furan rings is 1. The van der Waals surface area contributed by atoms with E-state index in [-0.39, 0.29) is 0 Å².